The van der Waals surface area contributed by atoms with Crippen molar-refractivity contribution in [2.75, 3.05) is 48.3 Å². The Morgan fingerprint density at radius 3 is 1.93 bits per heavy atom. The van der Waals surface area contributed by atoms with Gasteiger partial charge in [-0.3, -0.25) is 0 Å². The minimum Gasteiger partial charge on any atom is -0.384 e. The molecule has 4 nitrogen and oxygen atoms in total. The number of pyridine rings is 1. The minimum atomic E-state index is 0.936. The summed E-state index contributed by atoms with van der Waals surface area (Å²) in [6.45, 7) is 9.23. The molecule has 0 unspecified atom stereocenters. The van der Waals surface area contributed by atoms with E-state index in [1.54, 1.807) is 0 Å². The molecule has 2 aromatic carbocycles. The van der Waals surface area contributed by atoms with Crippen molar-refractivity contribution in [3.63, 3.8) is 0 Å². The van der Waals surface area contributed by atoms with Gasteiger partial charge in [0.25, 0.3) is 0 Å². The van der Waals surface area contributed by atoms with E-state index >= 15 is 0 Å². The third kappa shape index (κ3) is 9.68. The second-order valence-corrected chi connectivity index (χ2v) is 12.1. The zero-order valence-corrected chi connectivity index (χ0v) is 25.3. The van der Waals surface area contributed by atoms with Gasteiger partial charge in [-0.05, 0) is 60.5 Å². The second-order valence-electron chi connectivity index (χ2n) is 9.41. The number of nitrogens with zero attached hydrogens (tertiary/aromatic N) is 2. The standard InChI is InChI=1S/C34H40N4S2/c1-3-37-23-17-29(18-24-37)13-15-31-9-5-7-11-33(31)35-21-27-39-40-28-22-36-34-12-8-6-10-32(34)16-14-30-19-25-38(4-2)26-20-30/h5-20,23-25,36H,3-4,21-22,26-28H2,1-2H3/p+1/b16-14+. The minimum absolute atomic E-state index is 0.936. The van der Waals surface area contributed by atoms with Gasteiger partial charge in [-0.2, -0.15) is 0 Å². The van der Waals surface area contributed by atoms with Crippen LogP contribution < -0.4 is 15.2 Å². The number of aromatic nitrogens is 1. The van der Waals surface area contributed by atoms with E-state index in [0.29, 0.717) is 0 Å². The van der Waals surface area contributed by atoms with Crippen molar-refractivity contribution in [1.29, 1.82) is 0 Å². The Labute approximate surface area is 248 Å². The fourth-order valence-electron chi connectivity index (χ4n) is 4.24. The largest absolute Gasteiger partial charge is 0.384 e. The molecule has 0 radical (unpaired) electrons. The molecule has 3 aromatic rings. The number of aryl methyl sites for hydroxylation is 1. The average molecular weight is 570 g/mol. The Morgan fingerprint density at radius 2 is 1.38 bits per heavy atom. The second kappa shape index (κ2) is 16.7. The molecule has 0 amide bonds. The van der Waals surface area contributed by atoms with Crippen LogP contribution in [0.1, 0.15) is 30.5 Å². The van der Waals surface area contributed by atoms with Crippen LogP contribution in [-0.2, 0) is 6.54 Å². The van der Waals surface area contributed by atoms with Gasteiger partial charge in [0.1, 0.15) is 6.54 Å². The molecule has 0 saturated heterocycles. The molecule has 6 heteroatoms. The van der Waals surface area contributed by atoms with Crippen LogP contribution >= 0.6 is 21.6 Å². The summed E-state index contributed by atoms with van der Waals surface area (Å²) in [5, 5.41) is 7.23. The number of benzene rings is 2. The van der Waals surface area contributed by atoms with Crippen LogP contribution in [0.3, 0.4) is 0 Å². The molecule has 2 N–H and O–H groups in total. The van der Waals surface area contributed by atoms with Crippen molar-refractivity contribution in [1.82, 2.24) is 4.90 Å². The number of hydrogen-bond acceptors (Lipinski definition) is 5. The maximum atomic E-state index is 3.62. The highest BCUT2D eigenvalue weighted by molar-refractivity contribution is 8.76. The highest BCUT2D eigenvalue weighted by Crippen LogP contribution is 2.23. The fraction of sp³-hybridized carbons (Fsp3) is 0.265. The van der Waals surface area contributed by atoms with Gasteiger partial charge >= 0.3 is 0 Å². The molecule has 0 saturated carbocycles. The first-order valence-electron chi connectivity index (χ1n) is 14.1. The van der Waals surface area contributed by atoms with E-state index in [2.05, 4.69) is 150 Å². The maximum Gasteiger partial charge on any atom is 0.169 e. The van der Waals surface area contributed by atoms with Gasteiger partial charge in [0.2, 0.25) is 0 Å². The molecule has 0 bridgehead atoms. The van der Waals surface area contributed by atoms with Crippen LogP contribution in [0.15, 0.2) is 103 Å². The highest BCUT2D eigenvalue weighted by atomic mass is 33.1. The number of rotatable bonds is 15. The summed E-state index contributed by atoms with van der Waals surface area (Å²) in [6.07, 6.45) is 19.7. The molecular formula is C34H41N4S2+. The van der Waals surface area contributed by atoms with E-state index in [-0.39, 0.29) is 0 Å². The van der Waals surface area contributed by atoms with Crippen LogP contribution in [-0.4, -0.2) is 42.6 Å². The lowest BCUT2D eigenvalue weighted by Gasteiger charge is -2.19. The Kier molecular flexibility index (Phi) is 12.4. The van der Waals surface area contributed by atoms with E-state index in [0.717, 1.165) is 44.2 Å². The molecule has 1 aromatic heterocycles. The van der Waals surface area contributed by atoms with Crippen molar-refractivity contribution in [2.45, 2.75) is 20.4 Å². The maximum absolute atomic E-state index is 3.62. The zero-order valence-electron chi connectivity index (χ0n) is 23.6. The van der Waals surface area contributed by atoms with Crippen molar-refractivity contribution in [2.24, 2.45) is 0 Å². The van der Waals surface area contributed by atoms with E-state index in [4.69, 9.17) is 0 Å². The lowest BCUT2D eigenvalue weighted by atomic mass is 10.1. The number of anilines is 2. The highest BCUT2D eigenvalue weighted by Gasteiger charge is 2.03. The Bertz CT molecular complexity index is 1310. The number of likely N-dealkylation sites (N-methyl/N-ethyl adjacent to an activating group) is 1. The van der Waals surface area contributed by atoms with Gasteiger partial charge < -0.3 is 15.5 Å². The summed E-state index contributed by atoms with van der Waals surface area (Å²) in [5.74, 6) is 2.10. The molecule has 0 spiro atoms. The van der Waals surface area contributed by atoms with Crippen molar-refractivity contribution in [3.8, 4) is 0 Å². The molecule has 0 aliphatic carbocycles. The van der Waals surface area contributed by atoms with E-state index in [1.807, 2.05) is 21.6 Å². The Morgan fingerprint density at radius 1 is 0.775 bits per heavy atom. The lowest BCUT2D eigenvalue weighted by molar-refractivity contribution is -0.693. The third-order valence-electron chi connectivity index (χ3n) is 6.64. The number of hydrogen-bond donors (Lipinski definition) is 2. The summed E-state index contributed by atoms with van der Waals surface area (Å²) >= 11 is 0. The first-order chi connectivity index (χ1) is 19.7. The van der Waals surface area contributed by atoms with Gasteiger partial charge in [-0.15, -0.1) is 0 Å². The number of nitrogens with one attached hydrogen (secondary N) is 2. The van der Waals surface area contributed by atoms with Gasteiger partial charge in [-0.1, -0.05) is 88.4 Å². The van der Waals surface area contributed by atoms with Crippen LogP contribution in [0.5, 0.6) is 0 Å². The van der Waals surface area contributed by atoms with Crippen molar-refractivity contribution >= 4 is 51.2 Å². The fourth-order valence-corrected chi connectivity index (χ4v) is 6.06. The summed E-state index contributed by atoms with van der Waals surface area (Å²) < 4.78 is 2.17. The quantitative estimate of drug-likeness (QED) is 0.111. The Hall–Kier alpha value is -3.35. The number of allylic oxidation sites excluding steroid dienone is 3. The van der Waals surface area contributed by atoms with Crippen LogP contribution in [0.2, 0.25) is 0 Å². The van der Waals surface area contributed by atoms with Crippen molar-refractivity contribution in [3.05, 3.63) is 120 Å². The third-order valence-corrected chi connectivity index (χ3v) is 9.05. The lowest BCUT2D eigenvalue weighted by Crippen LogP contribution is -2.30. The van der Waals surface area contributed by atoms with Crippen LogP contribution in [0, 0.1) is 0 Å². The predicted molar refractivity (Wildman–Crippen MR) is 180 cm³/mol. The molecule has 40 heavy (non-hydrogen) atoms. The van der Waals surface area contributed by atoms with Crippen molar-refractivity contribution < 1.29 is 4.57 Å². The molecule has 4 rings (SSSR count). The first kappa shape index (κ1) is 29.6. The van der Waals surface area contributed by atoms with E-state index in [9.17, 15) is 0 Å². The molecule has 1 aliphatic rings. The SMILES string of the molecule is CCN1C=CC(/C=C/c2ccccc2NCCSSCCNc2ccccc2/C=C/c2cc[n+](CC)cc2)=CC1. The van der Waals surface area contributed by atoms with Gasteiger partial charge in [0, 0.05) is 61.2 Å². The smallest absolute Gasteiger partial charge is 0.169 e. The molecule has 208 valence electrons. The summed E-state index contributed by atoms with van der Waals surface area (Å²) in [6, 6.07) is 21.3. The average Bonchev–Trinajstić information content (AvgIpc) is 3.01. The van der Waals surface area contributed by atoms with Crippen LogP contribution in [0.25, 0.3) is 18.2 Å². The predicted octanol–water partition coefficient (Wildman–Crippen LogP) is 7.86. The molecule has 2 heterocycles. The molecule has 1 aliphatic heterocycles. The van der Waals surface area contributed by atoms with Gasteiger partial charge in [0.15, 0.2) is 12.4 Å². The summed E-state index contributed by atoms with van der Waals surface area (Å²) in [5.41, 5.74) is 7.27. The monoisotopic (exact) mass is 569 g/mol. The number of para-hydroxylation sites is 2. The van der Waals surface area contributed by atoms with Crippen LogP contribution in [0.4, 0.5) is 11.4 Å². The van der Waals surface area contributed by atoms with Gasteiger partial charge in [-0.25, -0.2) is 4.57 Å². The molecule has 0 atom stereocenters. The summed E-state index contributed by atoms with van der Waals surface area (Å²) in [4.78, 5) is 2.29. The van der Waals surface area contributed by atoms with E-state index < -0.39 is 0 Å². The topological polar surface area (TPSA) is 31.2 Å². The Balaban J connectivity index is 1.15. The zero-order chi connectivity index (χ0) is 27.8. The molecular weight excluding hydrogens is 529 g/mol. The summed E-state index contributed by atoms with van der Waals surface area (Å²) in [7, 11) is 3.85. The van der Waals surface area contributed by atoms with Gasteiger partial charge in [0.05, 0.1) is 0 Å². The molecule has 0 fully saturated rings. The first-order valence-corrected chi connectivity index (χ1v) is 16.6. The van der Waals surface area contributed by atoms with E-state index in [1.165, 1.54) is 33.6 Å². The normalized spacial score (nSPS) is 13.2.